The van der Waals surface area contributed by atoms with Gasteiger partial charge in [-0.15, -0.1) is 24.0 Å². The van der Waals surface area contributed by atoms with Crippen LogP contribution in [0.25, 0.3) is 0 Å². The normalized spacial score (nSPS) is 11.8. The Morgan fingerprint density at radius 2 is 1.88 bits per heavy atom. The second kappa shape index (κ2) is 9.05. The summed E-state index contributed by atoms with van der Waals surface area (Å²) in [5.74, 6) is 2.37. The van der Waals surface area contributed by atoms with Crippen molar-refractivity contribution in [1.29, 1.82) is 0 Å². The molecule has 0 aliphatic heterocycles. The zero-order valence-electron chi connectivity index (χ0n) is 15.0. The van der Waals surface area contributed by atoms with E-state index in [0.717, 1.165) is 11.7 Å². The molecule has 0 unspecified atom stereocenters. The van der Waals surface area contributed by atoms with Gasteiger partial charge in [0.15, 0.2) is 5.96 Å². The average Bonchev–Trinajstić information content (AvgIpc) is 2.97. The van der Waals surface area contributed by atoms with E-state index in [2.05, 4.69) is 48.2 Å². The zero-order chi connectivity index (χ0) is 16.9. The van der Waals surface area contributed by atoms with Gasteiger partial charge in [-0.2, -0.15) is 0 Å². The first-order chi connectivity index (χ1) is 10.9. The zero-order valence-corrected chi connectivity index (χ0v) is 17.4. The van der Waals surface area contributed by atoms with Gasteiger partial charge in [0, 0.05) is 19.5 Å². The summed E-state index contributed by atoms with van der Waals surface area (Å²) in [7, 11) is 3.93. The third kappa shape index (κ3) is 6.14. The molecular weight excluding hydrogens is 415 g/mol. The van der Waals surface area contributed by atoms with Crippen LogP contribution in [0.2, 0.25) is 0 Å². The third-order valence-electron chi connectivity index (χ3n) is 3.37. The van der Waals surface area contributed by atoms with Gasteiger partial charge in [-0.05, 0) is 5.56 Å². The average molecular weight is 442 g/mol. The molecule has 1 N–H and O–H groups in total. The topological polar surface area (TPSA) is 53.7 Å². The molecule has 5 nitrogen and oxygen atoms in total. The summed E-state index contributed by atoms with van der Waals surface area (Å²) in [5, 5.41) is 3.29. The minimum atomic E-state index is -0.0307. The maximum atomic E-state index is 5.79. The predicted molar refractivity (Wildman–Crippen MR) is 109 cm³/mol. The third-order valence-corrected chi connectivity index (χ3v) is 3.37. The van der Waals surface area contributed by atoms with E-state index in [-0.39, 0.29) is 29.4 Å². The van der Waals surface area contributed by atoms with Crippen LogP contribution in [0.1, 0.15) is 38.0 Å². The van der Waals surface area contributed by atoms with Crippen LogP contribution < -0.4 is 5.32 Å². The lowest BCUT2D eigenvalue weighted by molar-refractivity contribution is 0.378. The van der Waals surface area contributed by atoms with Crippen molar-refractivity contribution in [1.82, 2.24) is 15.2 Å². The maximum Gasteiger partial charge on any atom is 0.213 e. The predicted octanol–water partition coefficient (Wildman–Crippen LogP) is 3.80. The minimum absolute atomic E-state index is 0. The fourth-order valence-corrected chi connectivity index (χ4v) is 2.00. The van der Waals surface area contributed by atoms with E-state index in [4.69, 9.17) is 4.42 Å². The van der Waals surface area contributed by atoms with Crippen LogP contribution in [-0.2, 0) is 18.5 Å². The molecule has 0 bridgehead atoms. The van der Waals surface area contributed by atoms with Crippen LogP contribution in [0.5, 0.6) is 0 Å². The summed E-state index contributed by atoms with van der Waals surface area (Å²) >= 11 is 0. The smallest absolute Gasteiger partial charge is 0.213 e. The molecule has 2 rings (SSSR count). The molecule has 132 valence electrons. The molecule has 0 atom stereocenters. The number of oxazole rings is 1. The lowest BCUT2D eigenvalue weighted by atomic mass is 9.94. The summed E-state index contributed by atoms with van der Waals surface area (Å²) in [6.07, 6.45) is 1.80. The molecule has 0 aliphatic rings. The SMILES string of the molecule is CN(C)C(=NCc1ccccc1)NCc1ncc(C(C)(C)C)o1.I. The van der Waals surface area contributed by atoms with E-state index in [9.17, 15) is 0 Å². The van der Waals surface area contributed by atoms with Gasteiger partial charge in [0.2, 0.25) is 5.89 Å². The Labute approximate surface area is 161 Å². The summed E-state index contributed by atoms with van der Waals surface area (Å²) in [5.41, 5.74) is 1.15. The Kier molecular flexibility index (Phi) is 7.72. The number of aromatic nitrogens is 1. The largest absolute Gasteiger partial charge is 0.443 e. The minimum Gasteiger partial charge on any atom is -0.443 e. The van der Waals surface area contributed by atoms with E-state index in [0.29, 0.717) is 19.0 Å². The molecule has 0 saturated heterocycles. The van der Waals surface area contributed by atoms with Crippen molar-refractivity contribution in [3.63, 3.8) is 0 Å². The number of hydrogen-bond donors (Lipinski definition) is 1. The number of hydrogen-bond acceptors (Lipinski definition) is 3. The Morgan fingerprint density at radius 1 is 1.21 bits per heavy atom. The highest BCUT2D eigenvalue weighted by Gasteiger charge is 2.19. The summed E-state index contributed by atoms with van der Waals surface area (Å²) < 4.78 is 5.79. The molecule has 1 heterocycles. The lowest BCUT2D eigenvalue weighted by Gasteiger charge is -2.17. The lowest BCUT2D eigenvalue weighted by Crippen LogP contribution is -2.36. The van der Waals surface area contributed by atoms with Gasteiger partial charge in [0.05, 0.1) is 19.3 Å². The Balaban J connectivity index is 0.00000288. The van der Waals surface area contributed by atoms with Crippen LogP contribution in [0.4, 0.5) is 0 Å². The number of rotatable bonds is 4. The molecule has 0 radical (unpaired) electrons. The van der Waals surface area contributed by atoms with Crippen LogP contribution in [0, 0.1) is 0 Å². The number of benzene rings is 1. The van der Waals surface area contributed by atoms with E-state index in [1.807, 2.05) is 37.2 Å². The first kappa shape index (κ1) is 20.5. The Morgan fingerprint density at radius 3 is 2.42 bits per heavy atom. The molecule has 0 spiro atoms. The second-order valence-corrected chi connectivity index (χ2v) is 6.74. The fourth-order valence-electron chi connectivity index (χ4n) is 2.00. The molecular formula is C18H27IN4O. The Hall–Kier alpha value is -1.57. The van der Waals surface area contributed by atoms with Crippen molar-refractivity contribution in [2.75, 3.05) is 14.1 Å². The molecule has 0 fully saturated rings. The summed E-state index contributed by atoms with van der Waals surface area (Å²) in [4.78, 5) is 10.9. The van der Waals surface area contributed by atoms with E-state index in [1.54, 1.807) is 6.20 Å². The number of halogens is 1. The molecule has 6 heteroatoms. The number of aliphatic imine (C=N–C) groups is 1. The highest BCUT2D eigenvalue weighted by Crippen LogP contribution is 2.22. The van der Waals surface area contributed by atoms with Crippen LogP contribution >= 0.6 is 24.0 Å². The van der Waals surface area contributed by atoms with Crippen LogP contribution in [0.15, 0.2) is 45.9 Å². The monoisotopic (exact) mass is 442 g/mol. The van der Waals surface area contributed by atoms with Crippen molar-refractivity contribution >= 4 is 29.9 Å². The molecule has 24 heavy (non-hydrogen) atoms. The van der Waals surface area contributed by atoms with Gasteiger partial charge in [-0.3, -0.25) is 0 Å². The number of guanidine groups is 1. The first-order valence-electron chi connectivity index (χ1n) is 7.81. The van der Waals surface area contributed by atoms with Gasteiger partial charge in [0.1, 0.15) is 5.76 Å². The quantitative estimate of drug-likeness (QED) is 0.445. The van der Waals surface area contributed by atoms with Gasteiger partial charge in [-0.1, -0.05) is 51.1 Å². The molecule has 1 aromatic carbocycles. The van der Waals surface area contributed by atoms with E-state index < -0.39 is 0 Å². The van der Waals surface area contributed by atoms with Crippen molar-refractivity contribution in [2.45, 2.75) is 39.3 Å². The fraction of sp³-hybridized carbons (Fsp3) is 0.444. The van der Waals surface area contributed by atoms with Gasteiger partial charge >= 0.3 is 0 Å². The summed E-state index contributed by atoms with van der Waals surface area (Å²) in [6.45, 7) is 7.48. The van der Waals surface area contributed by atoms with Crippen molar-refractivity contribution in [3.8, 4) is 0 Å². The number of nitrogens with zero attached hydrogens (tertiary/aromatic N) is 3. The van der Waals surface area contributed by atoms with Crippen molar-refractivity contribution in [2.24, 2.45) is 4.99 Å². The van der Waals surface area contributed by atoms with Gasteiger partial charge < -0.3 is 14.6 Å². The molecule has 0 amide bonds. The molecule has 0 saturated carbocycles. The van der Waals surface area contributed by atoms with Crippen molar-refractivity contribution in [3.05, 3.63) is 53.7 Å². The van der Waals surface area contributed by atoms with Gasteiger partial charge in [0.25, 0.3) is 0 Å². The summed E-state index contributed by atoms with van der Waals surface area (Å²) in [6, 6.07) is 10.2. The molecule has 1 aromatic heterocycles. The Bertz CT molecular complexity index is 645. The molecule has 0 aliphatic carbocycles. The highest BCUT2D eigenvalue weighted by atomic mass is 127. The van der Waals surface area contributed by atoms with E-state index in [1.165, 1.54) is 5.56 Å². The highest BCUT2D eigenvalue weighted by molar-refractivity contribution is 14.0. The number of nitrogens with one attached hydrogen (secondary N) is 1. The van der Waals surface area contributed by atoms with Crippen LogP contribution in [0.3, 0.4) is 0 Å². The van der Waals surface area contributed by atoms with Crippen LogP contribution in [-0.4, -0.2) is 29.9 Å². The molecule has 2 aromatic rings. The maximum absolute atomic E-state index is 5.79. The van der Waals surface area contributed by atoms with E-state index >= 15 is 0 Å². The first-order valence-corrected chi connectivity index (χ1v) is 7.81. The standard InChI is InChI=1S/C18H26N4O.HI/c1-18(2,3)15-12-19-16(23-15)13-21-17(22(4)5)20-11-14-9-7-6-8-10-14;/h6-10,12H,11,13H2,1-5H3,(H,20,21);1H. The second-order valence-electron chi connectivity index (χ2n) is 6.74. The van der Waals surface area contributed by atoms with Crippen molar-refractivity contribution < 1.29 is 4.42 Å². The van der Waals surface area contributed by atoms with Gasteiger partial charge in [-0.25, -0.2) is 9.98 Å².